The first-order valence-corrected chi connectivity index (χ1v) is 6.73. The molecule has 5 heteroatoms. The molecule has 2 saturated heterocycles. The van der Waals surface area contributed by atoms with Crippen molar-refractivity contribution < 1.29 is 19.4 Å². The minimum Gasteiger partial charge on any atom is -0.480 e. The molecule has 0 spiro atoms. The minimum absolute atomic E-state index is 0.0396. The Morgan fingerprint density at radius 2 is 2.17 bits per heavy atom. The van der Waals surface area contributed by atoms with E-state index in [0.29, 0.717) is 13.0 Å². The largest absolute Gasteiger partial charge is 0.480 e. The van der Waals surface area contributed by atoms with Gasteiger partial charge in [-0.25, -0.2) is 4.79 Å². The smallest absolute Gasteiger partial charge is 0.326 e. The number of rotatable bonds is 4. The number of aliphatic carboxylic acids is 1. The summed E-state index contributed by atoms with van der Waals surface area (Å²) in [5.74, 6) is -0.873. The summed E-state index contributed by atoms with van der Waals surface area (Å²) in [4.78, 5) is 24.8. The van der Waals surface area contributed by atoms with Gasteiger partial charge >= 0.3 is 5.97 Å². The van der Waals surface area contributed by atoms with Crippen LogP contribution in [0.5, 0.6) is 0 Å². The molecule has 3 unspecified atom stereocenters. The third-order valence-corrected chi connectivity index (χ3v) is 3.98. The van der Waals surface area contributed by atoms with E-state index in [9.17, 15) is 9.59 Å². The summed E-state index contributed by atoms with van der Waals surface area (Å²) < 4.78 is 5.47. The molecule has 0 aliphatic carbocycles. The Labute approximate surface area is 107 Å². The summed E-state index contributed by atoms with van der Waals surface area (Å²) in [5, 5.41) is 9.16. The van der Waals surface area contributed by atoms with E-state index >= 15 is 0 Å². The molecule has 2 aliphatic heterocycles. The molecule has 0 aromatic rings. The minimum atomic E-state index is -0.884. The van der Waals surface area contributed by atoms with Gasteiger partial charge < -0.3 is 14.7 Å². The Morgan fingerprint density at radius 3 is 2.78 bits per heavy atom. The van der Waals surface area contributed by atoms with E-state index in [-0.39, 0.29) is 17.9 Å². The molecule has 18 heavy (non-hydrogen) atoms. The number of carbonyl (C=O) groups excluding carboxylic acids is 1. The molecular formula is C13H21NO4. The molecule has 2 fully saturated rings. The first-order chi connectivity index (χ1) is 8.59. The van der Waals surface area contributed by atoms with Crippen molar-refractivity contribution in [3.05, 3.63) is 0 Å². The fraction of sp³-hybridized carbons (Fsp3) is 0.846. The summed E-state index contributed by atoms with van der Waals surface area (Å²) in [7, 11) is 0. The number of hydrogen-bond acceptors (Lipinski definition) is 3. The molecule has 1 amide bonds. The second-order valence-electron chi connectivity index (χ2n) is 5.31. The lowest BCUT2D eigenvalue weighted by Gasteiger charge is -2.23. The Bertz CT molecular complexity index is 325. The highest BCUT2D eigenvalue weighted by molar-refractivity contribution is 5.84. The van der Waals surface area contributed by atoms with Gasteiger partial charge in [0.25, 0.3) is 0 Å². The average molecular weight is 255 g/mol. The van der Waals surface area contributed by atoms with Crippen molar-refractivity contribution in [2.24, 2.45) is 5.92 Å². The average Bonchev–Trinajstić information content (AvgIpc) is 2.94. The molecule has 1 N–H and O–H groups in total. The van der Waals surface area contributed by atoms with Crippen molar-refractivity contribution >= 4 is 11.9 Å². The number of amides is 1. The maximum absolute atomic E-state index is 12.1. The molecule has 3 atom stereocenters. The quantitative estimate of drug-likeness (QED) is 0.821. The van der Waals surface area contributed by atoms with Crippen LogP contribution >= 0.6 is 0 Å². The van der Waals surface area contributed by atoms with E-state index in [1.165, 1.54) is 4.90 Å². The highest BCUT2D eigenvalue weighted by atomic mass is 16.5. The monoisotopic (exact) mass is 255 g/mol. The maximum atomic E-state index is 12.1. The number of likely N-dealkylation sites (tertiary alicyclic amines) is 1. The summed E-state index contributed by atoms with van der Waals surface area (Å²) in [6.45, 7) is 3.26. The van der Waals surface area contributed by atoms with E-state index in [2.05, 4.69) is 0 Å². The zero-order chi connectivity index (χ0) is 13.1. The lowest BCUT2D eigenvalue weighted by atomic mass is 10.0. The van der Waals surface area contributed by atoms with Crippen LogP contribution in [0.4, 0.5) is 0 Å². The summed E-state index contributed by atoms with van der Waals surface area (Å²) in [6, 6.07) is -0.637. The predicted molar refractivity (Wildman–Crippen MR) is 65.1 cm³/mol. The first-order valence-electron chi connectivity index (χ1n) is 6.73. The van der Waals surface area contributed by atoms with Crippen LogP contribution in [0.25, 0.3) is 0 Å². The second kappa shape index (κ2) is 5.69. The van der Waals surface area contributed by atoms with Gasteiger partial charge in [-0.15, -0.1) is 0 Å². The Hall–Kier alpha value is -1.10. The number of ether oxygens (including phenoxy) is 1. The molecule has 2 heterocycles. The Morgan fingerprint density at radius 1 is 1.39 bits per heavy atom. The number of nitrogens with zero attached hydrogens (tertiary/aromatic N) is 1. The lowest BCUT2D eigenvalue weighted by molar-refractivity contribution is -0.149. The van der Waals surface area contributed by atoms with Crippen molar-refractivity contribution in [3.63, 3.8) is 0 Å². The summed E-state index contributed by atoms with van der Waals surface area (Å²) in [5.41, 5.74) is 0. The van der Waals surface area contributed by atoms with Gasteiger partial charge in [0.05, 0.1) is 6.10 Å². The van der Waals surface area contributed by atoms with Crippen molar-refractivity contribution in [2.75, 3.05) is 13.2 Å². The van der Waals surface area contributed by atoms with Crippen LogP contribution < -0.4 is 0 Å². The Balaban J connectivity index is 1.85. The lowest BCUT2D eigenvalue weighted by Crippen LogP contribution is -2.42. The van der Waals surface area contributed by atoms with Gasteiger partial charge in [-0.3, -0.25) is 4.79 Å². The van der Waals surface area contributed by atoms with Gasteiger partial charge in [0.1, 0.15) is 6.04 Å². The molecule has 5 nitrogen and oxygen atoms in total. The molecule has 0 bridgehead atoms. The fourth-order valence-corrected chi connectivity index (χ4v) is 2.90. The van der Waals surface area contributed by atoms with Crippen molar-refractivity contribution in [3.8, 4) is 0 Å². The topological polar surface area (TPSA) is 66.8 Å². The second-order valence-corrected chi connectivity index (χ2v) is 5.31. The van der Waals surface area contributed by atoms with E-state index in [4.69, 9.17) is 9.84 Å². The van der Waals surface area contributed by atoms with E-state index in [1.54, 1.807) is 0 Å². The molecule has 0 radical (unpaired) electrons. The van der Waals surface area contributed by atoms with Gasteiger partial charge in [0, 0.05) is 19.6 Å². The van der Waals surface area contributed by atoms with E-state index in [1.807, 2.05) is 6.92 Å². The van der Waals surface area contributed by atoms with Crippen LogP contribution in [0, 0.1) is 5.92 Å². The molecule has 0 saturated carbocycles. The number of hydrogen-bond donors (Lipinski definition) is 1. The highest BCUT2D eigenvalue weighted by Crippen LogP contribution is 2.26. The van der Waals surface area contributed by atoms with Gasteiger partial charge in [-0.05, 0) is 31.6 Å². The summed E-state index contributed by atoms with van der Waals surface area (Å²) in [6.07, 6.45) is 4.18. The van der Waals surface area contributed by atoms with E-state index < -0.39 is 12.0 Å². The Kier molecular flexibility index (Phi) is 4.22. The molecule has 0 aromatic heterocycles. The SMILES string of the molecule is CC1CCN(C(=O)CCC2CCCO2)C1C(=O)O. The van der Waals surface area contributed by atoms with Crippen LogP contribution in [0.15, 0.2) is 0 Å². The maximum Gasteiger partial charge on any atom is 0.326 e. The number of carbonyl (C=O) groups is 2. The third kappa shape index (κ3) is 2.83. The zero-order valence-electron chi connectivity index (χ0n) is 10.8. The van der Waals surface area contributed by atoms with Crippen LogP contribution in [0.3, 0.4) is 0 Å². The predicted octanol–water partition coefficient (Wildman–Crippen LogP) is 1.27. The molecule has 102 valence electrons. The normalized spacial score (nSPS) is 31.8. The third-order valence-electron chi connectivity index (χ3n) is 3.98. The van der Waals surface area contributed by atoms with Crippen LogP contribution in [-0.2, 0) is 14.3 Å². The zero-order valence-corrected chi connectivity index (χ0v) is 10.8. The van der Waals surface area contributed by atoms with Gasteiger partial charge in [0.2, 0.25) is 5.91 Å². The standard InChI is InChI=1S/C13H21NO4/c1-9-6-7-14(12(9)13(16)17)11(15)5-4-10-3-2-8-18-10/h9-10,12H,2-8H2,1H3,(H,16,17). The molecule has 2 aliphatic rings. The molecule has 2 rings (SSSR count). The first kappa shape index (κ1) is 13.3. The highest BCUT2D eigenvalue weighted by Gasteiger charge is 2.39. The number of carboxylic acids is 1. The van der Waals surface area contributed by atoms with Gasteiger partial charge in [-0.2, -0.15) is 0 Å². The van der Waals surface area contributed by atoms with Crippen molar-refractivity contribution in [2.45, 2.75) is 51.2 Å². The van der Waals surface area contributed by atoms with Gasteiger partial charge in [0.15, 0.2) is 0 Å². The van der Waals surface area contributed by atoms with E-state index in [0.717, 1.165) is 32.3 Å². The van der Waals surface area contributed by atoms with Crippen molar-refractivity contribution in [1.82, 2.24) is 4.90 Å². The van der Waals surface area contributed by atoms with Crippen LogP contribution in [0.1, 0.15) is 39.0 Å². The van der Waals surface area contributed by atoms with Crippen LogP contribution in [-0.4, -0.2) is 47.2 Å². The number of carboxylic acid groups (broad SMARTS) is 1. The van der Waals surface area contributed by atoms with Crippen LogP contribution in [0.2, 0.25) is 0 Å². The van der Waals surface area contributed by atoms with Crippen molar-refractivity contribution in [1.29, 1.82) is 0 Å². The summed E-state index contributed by atoms with van der Waals surface area (Å²) >= 11 is 0. The molecular weight excluding hydrogens is 234 g/mol. The van der Waals surface area contributed by atoms with Gasteiger partial charge in [-0.1, -0.05) is 6.92 Å². The molecule has 0 aromatic carbocycles. The fourth-order valence-electron chi connectivity index (χ4n) is 2.90.